The van der Waals surface area contributed by atoms with Crippen LogP contribution in [0.4, 0.5) is 0 Å². The van der Waals surface area contributed by atoms with Crippen LogP contribution in [0.2, 0.25) is 0 Å². The minimum Gasteiger partial charge on any atom is -0.380 e. The summed E-state index contributed by atoms with van der Waals surface area (Å²) < 4.78 is 10.2. The standard InChI is InChI=1S/C10H19N3O2/c1-3-4-5-9-12-10(15-13-9)6-8(7-11)14-2/h8H,3-7,11H2,1-2H3. The van der Waals surface area contributed by atoms with Gasteiger partial charge in [-0.15, -0.1) is 0 Å². The Labute approximate surface area is 90.0 Å². The Morgan fingerprint density at radius 1 is 1.53 bits per heavy atom. The molecule has 86 valence electrons. The van der Waals surface area contributed by atoms with Gasteiger partial charge in [-0.1, -0.05) is 18.5 Å². The third kappa shape index (κ3) is 3.97. The van der Waals surface area contributed by atoms with E-state index >= 15 is 0 Å². The number of nitrogens with two attached hydrogens (primary N) is 1. The van der Waals surface area contributed by atoms with Crippen LogP contribution in [0.5, 0.6) is 0 Å². The van der Waals surface area contributed by atoms with Crippen LogP contribution in [-0.2, 0) is 17.6 Å². The lowest BCUT2D eigenvalue weighted by Crippen LogP contribution is -2.24. The van der Waals surface area contributed by atoms with E-state index in [1.165, 1.54) is 0 Å². The number of unbranched alkanes of at least 4 members (excludes halogenated alkanes) is 1. The van der Waals surface area contributed by atoms with E-state index in [0.29, 0.717) is 18.9 Å². The molecule has 1 heterocycles. The van der Waals surface area contributed by atoms with Crippen molar-refractivity contribution in [1.82, 2.24) is 10.1 Å². The van der Waals surface area contributed by atoms with Crippen molar-refractivity contribution in [3.05, 3.63) is 11.7 Å². The van der Waals surface area contributed by atoms with E-state index in [4.69, 9.17) is 15.0 Å². The van der Waals surface area contributed by atoms with Crippen molar-refractivity contribution in [1.29, 1.82) is 0 Å². The SMILES string of the molecule is CCCCc1noc(CC(CN)OC)n1. The van der Waals surface area contributed by atoms with Gasteiger partial charge in [-0.25, -0.2) is 0 Å². The van der Waals surface area contributed by atoms with Crippen molar-refractivity contribution in [2.24, 2.45) is 5.73 Å². The number of nitrogens with zero attached hydrogens (tertiary/aromatic N) is 2. The van der Waals surface area contributed by atoms with Crippen molar-refractivity contribution in [3.8, 4) is 0 Å². The zero-order chi connectivity index (χ0) is 11.1. The minimum absolute atomic E-state index is 0.0375. The van der Waals surface area contributed by atoms with Gasteiger partial charge < -0.3 is 15.0 Å². The molecular weight excluding hydrogens is 194 g/mol. The molecule has 1 aromatic rings. The van der Waals surface area contributed by atoms with Gasteiger partial charge in [-0.2, -0.15) is 4.98 Å². The van der Waals surface area contributed by atoms with Gasteiger partial charge in [0.15, 0.2) is 5.82 Å². The highest BCUT2D eigenvalue weighted by Gasteiger charge is 2.12. The summed E-state index contributed by atoms with van der Waals surface area (Å²) in [4.78, 5) is 4.27. The molecular formula is C10H19N3O2. The largest absolute Gasteiger partial charge is 0.380 e. The smallest absolute Gasteiger partial charge is 0.229 e. The first-order valence-corrected chi connectivity index (χ1v) is 5.34. The quantitative estimate of drug-likeness (QED) is 0.729. The van der Waals surface area contributed by atoms with Gasteiger partial charge in [0, 0.05) is 20.1 Å². The molecule has 0 aliphatic carbocycles. The molecule has 0 aliphatic rings. The maximum Gasteiger partial charge on any atom is 0.229 e. The van der Waals surface area contributed by atoms with Gasteiger partial charge in [0.2, 0.25) is 5.89 Å². The van der Waals surface area contributed by atoms with E-state index in [0.717, 1.165) is 25.1 Å². The highest BCUT2D eigenvalue weighted by molar-refractivity contribution is 4.88. The Bertz CT molecular complexity index is 271. The van der Waals surface area contributed by atoms with E-state index in [9.17, 15) is 0 Å². The Morgan fingerprint density at radius 3 is 2.93 bits per heavy atom. The van der Waals surface area contributed by atoms with Crippen LogP contribution < -0.4 is 5.73 Å². The summed E-state index contributed by atoms with van der Waals surface area (Å²) in [5.74, 6) is 1.39. The molecule has 0 saturated heterocycles. The van der Waals surface area contributed by atoms with Crippen molar-refractivity contribution >= 4 is 0 Å². The van der Waals surface area contributed by atoms with Crippen molar-refractivity contribution in [2.75, 3.05) is 13.7 Å². The fourth-order valence-corrected chi connectivity index (χ4v) is 1.27. The number of methoxy groups -OCH3 is 1. The number of rotatable bonds is 7. The lowest BCUT2D eigenvalue weighted by molar-refractivity contribution is 0.102. The van der Waals surface area contributed by atoms with Gasteiger partial charge in [0.25, 0.3) is 0 Å². The summed E-state index contributed by atoms with van der Waals surface area (Å²) in [6.07, 6.45) is 3.65. The minimum atomic E-state index is -0.0375. The molecule has 0 saturated carbocycles. The Morgan fingerprint density at radius 2 is 2.33 bits per heavy atom. The lowest BCUT2D eigenvalue weighted by Gasteiger charge is -2.08. The number of aryl methyl sites for hydroxylation is 1. The molecule has 1 rings (SSSR count). The molecule has 1 atom stereocenters. The molecule has 0 amide bonds. The number of hydrogen-bond donors (Lipinski definition) is 1. The van der Waals surface area contributed by atoms with Crippen LogP contribution in [-0.4, -0.2) is 29.9 Å². The van der Waals surface area contributed by atoms with E-state index in [-0.39, 0.29) is 6.10 Å². The van der Waals surface area contributed by atoms with Crippen LogP contribution >= 0.6 is 0 Å². The van der Waals surface area contributed by atoms with E-state index in [2.05, 4.69) is 17.1 Å². The fourth-order valence-electron chi connectivity index (χ4n) is 1.27. The van der Waals surface area contributed by atoms with Crippen LogP contribution in [0.3, 0.4) is 0 Å². The molecule has 0 aliphatic heterocycles. The maximum absolute atomic E-state index is 5.50. The second kappa shape index (κ2) is 6.53. The molecule has 1 unspecified atom stereocenters. The molecule has 0 aromatic carbocycles. The van der Waals surface area contributed by atoms with Gasteiger partial charge >= 0.3 is 0 Å². The fraction of sp³-hybridized carbons (Fsp3) is 0.800. The first-order chi connectivity index (χ1) is 7.30. The van der Waals surface area contributed by atoms with Crippen LogP contribution in [0.25, 0.3) is 0 Å². The van der Waals surface area contributed by atoms with E-state index < -0.39 is 0 Å². The van der Waals surface area contributed by atoms with Crippen LogP contribution in [0.15, 0.2) is 4.52 Å². The van der Waals surface area contributed by atoms with E-state index in [1.807, 2.05) is 0 Å². The lowest BCUT2D eigenvalue weighted by atomic mass is 10.2. The van der Waals surface area contributed by atoms with Gasteiger partial charge in [-0.05, 0) is 6.42 Å². The van der Waals surface area contributed by atoms with Gasteiger partial charge in [0.1, 0.15) is 0 Å². The van der Waals surface area contributed by atoms with Crippen molar-refractivity contribution < 1.29 is 9.26 Å². The molecule has 1 aromatic heterocycles. The molecule has 2 N–H and O–H groups in total. The van der Waals surface area contributed by atoms with Crippen molar-refractivity contribution in [2.45, 2.75) is 38.7 Å². The Balaban J connectivity index is 2.44. The highest BCUT2D eigenvalue weighted by atomic mass is 16.5. The first-order valence-electron chi connectivity index (χ1n) is 5.34. The number of ether oxygens (including phenoxy) is 1. The monoisotopic (exact) mass is 213 g/mol. The summed E-state index contributed by atoms with van der Waals surface area (Å²) in [6, 6.07) is 0. The molecule has 5 nitrogen and oxygen atoms in total. The average Bonchev–Trinajstić information content (AvgIpc) is 2.70. The summed E-state index contributed by atoms with van der Waals surface area (Å²) in [6.45, 7) is 2.60. The molecule has 0 fully saturated rings. The first kappa shape index (κ1) is 12.1. The predicted octanol–water partition coefficient (Wildman–Crippen LogP) is 0.928. The molecule has 0 spiro atoms. The highest BCUT2D eigenvalue weighted by Crippen LogP contribution is 2.05. The molecule has 0 bridgehead atoms. The molecule has 5 heteroatoms. The summed E-state index contributed by atoms with van der Waals surface area (Å²) >= 11 is 0. The Kier molecular flexibility index (Phi) is 5.28. The zero-order valence-electron chi connectivity index (χ0n) is 9.40. The zero-order valence-corrected chi connectivity index (χ0v) is 9.40. The van der Waals surface area contributed by atoms with Crippen molar-refractivity contribution in [3.63, 3.8) is 0 Å². The molecule has 15 heavy (non-hydrogen) atoms. The van der Waals surface area contributed by atoms with Crippen LogP contribution in [0.1, 0.15) is 31.5 Å². The maximum atomic E-state index is 5.50. The van der Waals surface area contributed by atoms with Gasteiger partial charge in [-0.3, -0.25) is 0 Å². The number of hydrogen-bond acceptors (Lipinski definition) is 5. The molecule has 0 radical (unpaired) electrons. The third-order valence-electron chi connectivity index (χ3n) is 2.26. The predicted molar refractivity (Wildman–Crippen MR) is 56.5 cm³/mol. The topological polar surface area (TPSA) is 74.2 Å². The second-order valence-corrected chi connectivity index (χ2v) is 3.51. The summed E-state index contributed by atoms with van der Waals surface area (Å²) in [5, 5.41) is 3.89. The van der Waals surface area contributed by atoms with Crippen LogP contribution in [0, 0.1) is 0 Å². The third-order valence-corrected chi connectivity index (χ3v) is 2.26. The average molecular weight is 213 g/mol. The van der Waals surface area contributed by atoms with Gasteiger partial charge in [0.05, 0.1) is 12.5 Å². The number of aromatic nitrogens is 2. The summed E-state index contributed by atoms with van der Waals surface area (Å²) in [7, 11) is 1.63. The second-order valence-electron chi connectivity index (χ2n) is 3.51. The summed E-state index contributed by atoms with van der Waals surface area (Å²) in [5.41, 5.74) is 5.50. The normalized spacial score (nSPS) is 13.0. The Hall–Kier alpha value is -0.940. The van der Waals surface area contributed by atoms with E-state index in [1.54, 1.807) is 7.11 Å².